The van der Waals surface area contributed by atoms with Gasteiger partial charge in [0, 0.05) is 6.54 Å². The fourth-order valence-corrected chi connectivity index (χ4v) is 1.87. The second-order valence-corrected chi connectivity index (χ2v) is 4.52. The zero-order valence-electron chi connectivity index (χ0n) is 10.9. The highest BCUT2D eigenvalue weighted by Crippen LogP contribution is 2.07. The molecule has 2 N–H and O–H groups in total. The molecule has 0 aliphatic carbocycles. The molecule has 0 spiro atoms. The molecule has 2 heteroatoms. The van der Waals surface area contributed by atoms with Crippen LogP contribution in [0.5, 0.6) is 0 Å². The van der Waals surface area contributed by atoms with Crippen LogP contribution >= 0.6 is 0 Å². The van der Waals surface area contributed by atoms with Gasteiger partial charge in [-0.2, -0.15) is 0 Å². The molecule has 0 radical (unpaired) electrons. The van der Waals surface area contributed by atoms with Gasteiger partial charge in [-0.15, -0.1) is 6.58 Å². The van der Waals surface area contributed by atoms with Crippen molar-refractivity contribution in [3.63, 3.8) is 0 Å². The second kappa shape index (κ2) is 8.04. The van der Waals surface area contributed by atoms with Gasteiger partial charge in [0.2, 0.25) is 0 Å². The average Bonchev–Trinajstić information content (AvgIpc) is 2.32. The topological polar surface area (TPSA) is 29.3 Å². The molecule has 0 amide bonds. The van der Waals surface area contributed by atoms with E-state index in [9.17, 15) is 0 Å². The highest BCUT2D eigenvalue weighted by Gasteiger charge is 2.00. The maximum atomic E-state index is 5.53. The van der Waals surface area contributed by atoms with Crippen LogP contribution in [0.3, 0.4) is 0 Å². The SMILES string of the molecule is C=CCCCN(C)Cc1ccc(CCN)cc1. The van der Waals surface area contributed by atoms with Gasteiger partial charge >= 0.3 is 0 Å². The number of nitrogens with two attached hydrogens (primary N) is 1. The summed E-state index contributed by atoms with van der Waals surface area (Å²) in [4.78, 5) is 2.35. The van der Waals surface area contributed by atoms with Crippen LogP contribution in [0.4, 0.5) is 0 Å². The van der Waals surface area contributed by atoms with E-state index in [4.69, 9.17) is 5.73 Å². The first-order chi connectivity index (χ1) is 8.26. The van der Waals surface area contributed by atoms with E-state index in [-0.39, 0.29) is 0 Å². The maximum absolute atomic E-state index is 5.53. The van der Waals surface area contributed by atoms with Crippen LogP contribution in [0, 0.1) is 0 Å². The van der Waals surface area contributed by atoms with Crippen LogP contribution in [0.2, 0.25) is 0 Å². The molecular formula is C15H24N2. The quantitative estimate of drug-likeness (QED) is 0.551. The summed E-state index contributed by atoms with van der Waals surface area (Å²) in [7, 11) is 2.16. The number of nitrogens with zero attached hydrogens (tertiary/aromatic N) is 1. The molecular weight excluding hydrogens is 208 g/mol. The third-order valence-corrected chi connectivity index (χ3v) is 2.86. The van der Waals surface area contributed by atoms with Crippen LogP contribution < -0.4 is 5.73 Å². The lowest BCUT2D eigenvalue weighted by atomic mass is 10.1. The molecule has 1 aromatic carbocycles. The third kappa shape index (κ3) is 5.66. The second-order valence-electron chi connectivity index (χ2n) is 4.52. The fraction of sp³-hybridized carbons (Fsp3) is 0.467. The van der Waals surface area contributed by atoms with E-state index < -0.39 is 0 Å². The van der Waals surface area contributed by atoms with Crippen LogP contribution in [0.1, 0.15) is 24.0 Å². The maximum Gasteiger partial charge on any atom is 0.0230 e. The summed E-state index contributed by atoms with van der Waals surface area (Å²) in [6.45, 7) is 6.60. The molecule has 2 nitrogen and oxygen atoms in total. The molecule has 0 atom stereocenters. The van der Waals surface area contributed by atoms with Crippen LogP contribution in [-0.4, -0.2) is 25.0 Å². The number of hydrogen-bond acceptors (Lipinski definition) is 2. The van der Waals surface area contributed by atoms with Crippen molar-refractivity contribution in [1.82, 2.24) is 4.90 Å². The number of unbranched alkanes of at least 4 members (excludes halogenated alkanes) is 1. The first-order valence-electron chi connectivity index (χ1n) is 6.33. The smallest absolute Gasteiger partial charge is 0.0230 e. The van der Waals surface area contributed by atoms with Gasteiger partial charge in [-0.3, -0.25) is 0 Å². The van der Waals surface area contributed by atoms with Gasteiger partial charge in [-0.05, 0) is 50.5 Å². The highest BCUT2D eigenvalue weighted by atomic mass is 15.1. The largest absolute Gasteiger partial charge is 0.330 e. The van der Waals surface area contributed by atoms with Gasteiger partial charge in [0.1, 0.15) is 0 Å². The number of hydrogen-bond donors (Lipinski definition) is 1. The molecule has 0 bridgehead atoms. The Morgan fingerprint density at radius 1 is 1.24 bits per heavy atom. The first-order valence-corrected chi connectivity index (χ1v) is 6.33. The van der Waals surface area contributed by atoms with Crippen LogP contribution in [0.15, 0.2) is 36.9 Å². The third-order valence-electron chi connectivity index (χ3n) is 2.86. The van der Waals surface area contributed by atoms with E-state index in [1.165, 1.54) is 17.5 Å². The van der Waals surface area contributed by atoms with Gasteiger partial charge in [-0.25, -0.2) is 0 Å². The first kappa shape index (κ1) is 13.9. The Hall–Kier alpha value is -1.12. The van der Waals surface area contributed by atoms with Crippen molar-refractivity contribution in [3.05, 3.63) is 48.0 Å². The normalized spacial score (nSPS) is 10.8. The van der Waals surface area contributed by atoms with E-state index in [2.05, 4.69) is 42.8 Å². The van der Waals surface area contributed by atoms with Gasteiger partial charge in [0.15, 0.2) is 0 Å². The molecule has 1 rings (SSSR count). The monoisotopic (exact) mass is 232 g/mol. The molecule has 94 valence electrons. The molecule has 0 saturated heterocycles. The Labute approximate surface area is 105 Å². The molecule has 0 heterocycles. The number of rotatable bonds is 8. The van der Waals surface area contributed by atoms with Gasteiger partial charge in [-0.1, -0.05) is 30.3 Å². The summed E-state index contributed by atoms with van der Waals surface area (Å²) in [6, 6.07) is 8.77. The van der Waals surface area contributed by atoms with E-state index in [1.807, 2.05) is 6.08 Å². The number of benzene rings is 1. The molecule has 0 unspecified atom stereocenters. The van der Waals surface area contributed by atoms with Crippen LogP contribution in [-0.2, 0) is 13.0 Å². The fourth-order valence-electron chi connectivity index (χ4n) is 1.87. The minimum Gasteiger partial charge on any atom is -0.330 e. The predicted octanol–water partition coefficient (Wildman–Crippen LogP) is 2.59. The number of allylic oxidation sites excluding steroid dienone is 1. The average molecular weight is 232 g/mol. The van der Waals surface area contributed by atoms with Crippen molar-refractivity contribution in [3.8, 4) is 0 Å². The van der Waals surface area contributed by atoms with Crippen molar-refractivity contribution >= 4 is 0 Å². The molecule has 0 aliphatic rings. The van der Waals surface area contributed by atoms with E-state index in [1.54, 1.807) is 0 Å². The minimum atomic E-state index is 0.723. The van der Waals surface area contributed by atoms with E-state index in [0.29, 0.717) is 0 Å². The lowest BCUT2D eigenvalue weighted by molar-refractivity contribution is 0.323. The van der Waals surface area contributed by atoms with Crippen molar-refractivity contribution in [2.45, 2.75) is 25.8 Å². The summed E-state index contributed by atoms with van der Waals surface area (Å²) in [5.74, 6) is 0. The molecule has 0 saturated carbocycles. The van der Waals surface area contributed by atoms with Crippen molar-refractivity contribution < 1.29 is 0 Å². The van der Waals surface area contributed by atoms with E-state index >= 15 is 0 Å². The summed E-state index contributed by atoms with van der Waals surface area (Å²) >= 11 is 0. The molecule has 17 heavy (non-hydrogen) atoms. The van der Waals surface area contributed by atoms with Gasteiger partial charge in [0.05, 0.1) is 0 Å². The van der Waals surface area contributed by atoms with Crippen molar-refractivity contribution in [1.29, 1.82) is 0 Å². The van der Waals surface area contributed by atoms with Crippen LogP contribution in [0.25, 0.3) is 0 Å². The Bertz CT molecular complexity index is 316. The standard InChI is InChI=1S/C15H24N2/c1-3-4-5-12-17(2)13-15-8-6-14(7-9-15)10-11-16/h3,6-9H,1,4-5,10-13,16H2,2H3. The minimum absolute atomic E-state index is 0.723. The van der Waals surface area contributed by atoms with Gasteiger partial charge < -0.3 is 10.6 Å². The Balaban J connectivity index is 2.37. The van der Waals surface area contributed by atoms with Crippen molar-refractivity contribution in [2.75, 3.05) is 20.1 Å². The molecule has 1 aromatic rings. The highest BCUT2D eigenvalue weighted by molar-refractivity contribution is 5.22. The Morgan fingerprint density at radius 2 is 1.88 bits per heavy atom. The molecule has 0 aliphatic heterocycles. The zero-order chi connectivity index (χ0) is 12.5. The van der Waals surface area contributed by atoms with Crippen molar-refractivity contribution in [2.24, 2.45) is 5.73 Å². The summed E-state index contributed by atoms with van der Waals surface area (Å²) in [6.07, 6.45) is 5.23. The van der Waals surface area contributed by atoms with Gasteiger partial charge in [0.25, 0.3) is 0 Å². The molecule has 0 aromatic heterocycles. The predicted molar refractivity (Wildman–Crippen MR) is 75.0 cm³/mol. The Kier molecular flexibility index (Phi) is 6.60. The lowest BCUT2D eigenvalue weighted by Crippen LogP contribution is -2.18. The summed E-state index contributed by atoms with van der Waals surface area (Å²) in [5.41, 5.74) is 8.22. The Morgan fingerprint density at radius 3 is 2.47 bits per heavy atom. The zero-order valence-corrected chi connectivity index (χ0v) is 10.9. The lowest BCUT2D eigenvalue weighted by Gasteiger charge is -2.16. The summed E-state index contributed by atoms with van der Waals surface area (Å²) in [5, 5.41) is 0. The molecule has 0 fully saturated rings. The van der Waals surface area contributed by atoms with E-state index in [0.717, 1.165) is 32.5 Å². The summed E-state index contributed by atoms with van der Waals surface area (Å²) < 4.78 is 0.